The van der Waals surface area contributed by atoms with Gasteiger partial charge in [-0.2, -0.15) is 0 Å². The summed E-state index contributed by atoms with van der Waals surface area (Å²) >= 11 is 0. The molecule has 0 bridgehead atoms. The fourth-order valence-electron chi connectivity index (χ4n) is 2.86. The van der Waals surface area contributed by atoms with Crippen molar-refractivity contribution >= 4 is 33.0 Å². The summed E-state index contributed by atoms with van der Waals surface area (Å²) in [5, 5.41) is 13.3. The van der Waals surface area contributed by atoms with Gasteiger partial charge in [-0.1, -0.05) is 18.2 Å². The number of carbonyl (C=O) groups excluding carboxylic acids is 1. The van der Waals surface area contributed by atoms with Crippen LogP contribution in [0, 0.1) is 10.1 Å². The summed E-state index contributed by atoms with van der Waals surface area (Å²) < 4.78 is 27.3. The Bertz CT molecular complexity index is 1150. The third-order valence-corrected chi connectivity index (χ3v) is 6.29. The average molecular weight is 425 g/mol. The zero-order valence-electron chi connectivity index (χ0n) is 16.1. The summed E-state index contributed by atoms with van der Waals surface area (Å²) in [5.74, 6) is -0.455. The zero-order valence-corrected chi connectivity index (χ0v) is 16.9. The van der Waals surface area contributed by atoms with Crippen molar-refractivity contribution in [3.05, 3.63) is 94.5 Å². The Balaban J connectivity index is 1.78. The minimum absolute atomic E-state index is 0.0695. The lowest BCUT2D eigenvalue weighted by Crippen LogP contribution is -2.30. The molecule has 0 radical (unpaired) electrons. The topological polar surface area (TPSA) is 110 Å². The number of para-hydroxylation sites is 1. The Labute approximate surface area is 174 Å². The van der Waals surface area contributed by atoms with E-state index in [1.165, 1.54) is 52.8 Å². The van der Waals surface area contributed by atoms with Crippen molar-refractivity contribution in [1.29, 1.82) is 0 Å². The van der Waals surface area contributed by atoms with Crippen LogP contribution in [0.5, 0.6) is 0 Å². The maximum absolute atomic E-state index is 13.0. The number of nitro groups is 1. The molecule has 9 heteroatoms. The number of non-ortho nitro benzene ring substituents is 1. The third kappa shape index (κ3) is 4.47. The summed E-state index contributed by atoms with van der Waals surface area (Å²) in [4.78, 5) is 22.6. The van der Waals surface area contributed by atoms with E-state index in [4.69, 9.17) is 0 Å². The zero-order chi connectivity index (χ0) is 21.7. The molecule has 3 aromatic carbocycles. The molecule has 0 fully saturated rings. The Morgan fingerprint density at radius 2 is 1.57 bits per heavy atom. The van der Waals surface area contributed by atoms with E-state index in [9.17, 15) is 23.3 Å². The summed E-state index contributed by atoms with van der Waals surface area (Å²) in [6, 6.07) is 19.8. The highest BCUT2D eigenvalue weighted by Crippen LogP contribution is 2.24. The second-order valence-electron chi connectivity index (χ2n) is 6.29. The standard InChI is InChI=1S/C21H19N3O5S/c1-2-23(18-6-4-3-5-7-18)30(28,29)20-14-8-16(9-15-20)21(25)22-17-10-12-19(13-11-17)24(26)27/h3-15H,2H2,1H3,(H,22,25). The summed E-state index contributed by atoms with van der Waals surface area (Å²) in [7, 11) is -3.78. The molecular weight excluding hydrogens is 406 g/mol. The Hall–Kier alpha value is -3.72. The molecule has 0 aliphatic heterocycles. The highest BCUT2D eigenvalue weighted by molar-refractivity contribution is 7.92. The van der Waals surface area contributed by atoms with Crippen molar-refractivity contribution in [2.75, 3.05) is 16.2 Å². The van der Waals surface area contributed by atoms with Crippen LogP contribution in [0.2, 0.25) is 0 Å². The highest BCUT2D eigenvalue weighted by Gasteiger charge is 2.23. The van der Waals surface area contributed by atoms with E-state index in [2.05, 4.69) is 5.32 Å². The van der Waals surface area contributed by atoms with Crippen molar-refractivity contribution in [2.45, 2.75) is 11.8 Å². The number of sulfonamides is 1. The van der Waals surface area contributed by atoms with Crippen LogP contribution >= 0.6 is 0 Å². The average Bonchev–Trinajstić information content (AvgIpc) is 2.75. The van der Waals surface area contributed by atoms with Gasteiger partial charge in [0.15, 0.2) is 0 Å². The molecule has 8 nitrogen and oxygen atoms in total. The Kier molecular flexibility index (Phi) is 6.12. The first-order valence-electron chi connectivity index (χ1n) is 9.06. The van der Waals surface area contributed by atoms with Crippen LogP contribution in [0.25, 0.3) is 0 Å². The van der Waals surface area contributed by atoms with Crippen molar-refractivity contribution in [3.8, 4) is 0 Å². The molecule has 0 aliphatic rings. The number of nitrogens with one attached hydrogen (secondary N) is 1. The number of hydrogen-bond acceptors (Lipinski definition) is 5. The third-order valence-electron chi connectivity index (χ3n) is 4.37. The minimum atomic E-state index is -3.78. The van der Waals surface area contributed by atoms with Crippen molar-refractivity contribution < 1.29 is 18.1 Å². The van der Waals surface area contributed by atoms with Gasteiger partial charge in [0.1, 0.15) is 0 Å². The Morgan fingerprint density at radius 3 is 2.10 bits per heavy atom. The predicted molar refractivity (Wildman–Crippen MR) is 114 cm³/mol. The second-order valence-corrected chi connectivity index (χ2v) is 8.15. The van der Waals surface area contributed by atoms with E-state index in [-0.39, 0.29) is 22.7 Å². The molecule has 0 unspecified atom stereocenters. The molecule has 30 heavy (non-hydrogen) atoms. The van der Waals surface area contributed by atoms with Crippen LogP contribution in [0.1, 0.15) is 17.3 Å². The molecule has 0 aromatic heterocycles. The molecule has 3 aromatic rings. The van der Waals surface area contributed by atoms with Crippen molar-refractivity contribution in [1.82, 2.24) is 0 Å². The van der Waals surface area contributed by atoms with E-state index in [0.717, 1.165) is 0 Å². The first-order valence-corrected chi connectivity index (χ1v) is 10.5. The normalized spacial score (nSPS) is 11.0. The van der Waals surface area contributed by atoms with E-state index in [0.29, 0.717) is 11.4 Å². The van der Waals surface area contributed by atoms with E-state index in [1.807, 2.05) is 6.07 Å². The van der Waals surface area contributed by atoms with Gasteiger partial charge in [0, 0.05) is 29.9 Å². The van der Waals surface area contributed by atoms with Gasteiger partial charge in [-0.3, -0.25) is 19.2 Å². The summed E-state index contributed by atoms with van der Waals surface area (Å²) in [6.07, 6.45) is 0. The number of nitrogens with zero attached hydrogens (tertiary/aromatic N) is 2. The number of nitro benzene ring substituents is 1. The monoisotopic (exact) mass is 425 g/mol. The van der Waals surface area contributed by atoms with Crippen molar-refractivity contribution in [2.24, 2.45) is 0 Å². The van der Waals surface area contributed by atoms with Gasteiger partial charge in [-0.05, 0) is 55.5 Å². The van der Waals surface area contributed by atoms with Gasteiger partial charge in [-0.25, -0.2) is 8.42 Å². The number of amides is 1. The van der Waals surface area contributed by atoms with Gasteiger partial charge in [0.25, 0.3) is 21.6 Å². The molecular formula is C21H19N3O5S. The summed E-state index contributed by atoms with van der Waals surface area (Å²) in [6.45, 7) is 2.01. The lowest BCUT2D eigenvalue weighted by Gasteiger charge is -2.23. The largest absolute Gasteiger partial charge is 0.322 e. The first kappa shape index (κ1) is 21.0. The number of carbonyl (C=O) groups is 1. The molecule has 1 amide bonds. The number of rotatable bonds is 7. The SMILES string of the molecule is CCN(c1ccccc1)S(=O)(=O)c1ccc(C(=O)Nc2ccc([N+](=O)[O-])cc2)cc1. The van der Waals surface area contributed by atoms with Gasteiger partial charge >= 0.3 is 0 Å². The molecule has 0 aliphatic carbocycles. The lowest BCUT2D eigenvalue weighted by molar-refractivity contribution is -0.384. The van der Waals surface area contributed by atoms with Crippen LogP contribution in [0.15, 0.2) is 83.8 Å². The minimum Gasteiger partial charge on any atom is -0.322 e. The van der Waals surface area contributed by atoms with Crippen LogP contribution in [0.3, 0.4) is 0 Å². The van der Waals surface area contributed by atoms with Crippen LogP contribution < -0.4 is 9.62 Å². The fourth-order valence-corrected chi connectivity index (χ4v) is 4.33. The molecule has 0 saturated heterocycles. The van der Waals surface area contributed by atoms with Crippen LogP contribution in [-0.2, 0) is 10.0 Å². The highest BCUT2D eigenvalue weighted by atomic mass is 32.2. The molecule has 3 rings (SSSR count). The molecule has 0 spiro atoms. The van der Waals surface area contributed by atoms with E-state index < -0.39 is 20.9 Å². The maximum Gasteiger partial charge on any atom is 0.269 e. The first-order chi connectivity index (χ1) is 14.3. The number of hydrogen-bond donors (Lipinski definition) is 1. The van der Waals surface area contributed by atoms with Gasteiger partial charge < -0.3 is 5.32 Å². The fraction of sp³-hybridized carbons (Fsp3) is 0.0952. The van der Waals surface area contributed by atoms with Gasteiger partial charge in [0.2, 0.25) is 0 Å². The predicted octanol–water partition coefficient (Wildman–Crippen LogP) is 4.06. The molecule has 0 atom stereocenters. The van der Waals surface area contributed by atoms with Crippen LogP contribution in [-0.4, -0.2) is 25.8 Å². The van der Waals surface area contributed by atoms with Crippen LogP contribution in [0.4, 0.5) is 17.1 Å². The quantitative estimate of drug-likeness (QED) is 0.453. The maximum atomic E-state index is 13.0. The molecule has 0 heterocycles. The lowest BCUT2D eigenvalue weighted by atomic mass is 10.2. The second kappa shape index (κ2) is 8.75. The number of anilines is 2. The van der Waals surface area contributed by atoms with E-state index in [1.54, 1.807) is 31.2 Å². The molecule has 1 N–H and O–H groups in total. The summed E-state index contributed by atoms with van der Waals surface area (Å²) in [5.41, 5.74) is 1.13. The van der Waals surface area contributed by atoms with E-state index >= 15 is 0 Å². The smallest absolute Gasteiger partial charge is 0.269 e. The molecule has 154 valence electrons. The van der Waals surface area contributed by atoms with Gasteiger partial charge in [0.05, 0.1) is 15.5 Å². The molecule has 0 saturated carbocycles. The van der Waals surface area contributed by atoms with Crippen molar-refractivity contribution in [3.63, 3.8) is 0 Å². The number of benzene rings is 3. The van der Waals surface area contributed by atoms with Gasteiger partial charge in [-0.15, -0.1) is 0 Å². The Morgan fingerprint density at radius 1 is 0.967 bits per heavy atom.